The number of aryl methyl sites for hydroxylation is 1. The standard InChI is InChI=1S/C25H28N6O5/c1-16-12-29-23(14-27-16)30-24(33)17-9-20(11-21(10-17)36-19(15-32)7-8-26-2)35-18-5-6-22(28-13-18)25(34)31(3)4/h5-6,9-15,19,26H,7-8H2,1-4H3,(H,29,30,33). The van der Waals surface area contributed by atoms with Crippen LogP contribution in [0.15, 0.2) is 48.9 Å². The first kappa shape index (κ1) is 26.2. The number of ether oxygens (including phenoxy) is 2. The highest BCUT2D eigenvalue weighted by atomic mass is 16.5. The van der Waals surface area contributed by atoms with Crippen LogP contribution in [0.2, 0.25) is 0 Å². The molecule has 0 bridgehead atoms. The number of carbonyl (C=O) groups is 3. The Labute approximate surface area is 208 Å². The highest BCUT2D eigenvalue weighted by molar-refractivity contribution is 6.04. The molecule has 188 valence electrons. The summed E-state index contributed by atoms with van der Waals surface area (Å²) in [7, 11) is 5.05. The van der Waals surface area contributed by atoms with Gasteiger partial charge in [0.2, 0.25) is 0 Å². The van der Waals surface area contributed by atoms with E-state index in [4.69, 9.17) is 9.47 Å². The Balaban J connectivity index is 1.87. The van der Waals surface area contributed by atoms with Gasteiger partial charge < -0.3 is 25.0 Å². The minimum Gasteiger partial charge on any atom is -0.483 e. The van der Waals surface area contributed by atoms with Crippen molar-refractivity contribution in [3.63, 3.8) is 0 Å². The predicted octanol–water partition coefficient (Wildman–Crippen LogP) is 2.48. The number of anilines is 1. The van der Waals surface area contributed by atoms with Crippen molar-refractivity contribution in [1.29, 1.82) is 0 Å². The second-order valence-corrected chi connectivity index (χ2v) is 8.06. The van der Waals surface area contributed by atoms with Gasteiger partial charge in [-0.05, 0) is 44.8 Å². The Hall–Kier alpha value is -4.38. The van der Waals surface area contributed by atoms with Crippen molar-refractivity contribution < 1.29 is 23.9 Å². The lowest BCUT2D eigenvalue weighted by Crippen LogP contribution is -2.24. The number of nitrogens with zero attached hydrogens (tertiary/aromatic N) is 4. The summed E-state index contributed by atoms with van der Waals surface area (Å²) < 4.78 is 11.7. The summed E-state index contributed by atoms with van der Waals surface area (Å²) in [5.41, 5.74) is 1.20. The van der Waals surface area contributed by atoms with E-state index in [1.54, 1.807) is 46.3 Å². The highest BCUT2D eigenvalue weighted by Gasteiger charge is 2.16. The molecule has 36 heavy (non-hydrogen) atoms. The van der Waals surface area contributed by atoms with Crippen LogP contribution in [-0.4, -0.2) is 71.7 Å². The number of hydrogen-bond acceptors (Lipinski definition) is 9. The largest absolute Gasteiger partial charge is 0.483 e. The SMILES string of the molecule is CNCCC(C=O)Oc1cc(Oc2ccc(C(=O)N(C)C)nc2)cc(C(=O)Nc2cnc(C)cn2)c1. The van der Waals surface area contributed by atoms with Crippen LogP contribution in [0.25, 0.3) is 0 Å². The Bertz CT molecular complexity index is 1200. The van der Waals surface area contributed by atoms with Crippen LogP contribution in [0.1, 0.15) is 33.0 Å². The Kier molecular flexibility index (Phi) is 9.01. The minimum atomic E-state index is -0.718. The molecule has 1 unspecified atom stereocenters. The fourth-order valence-corrected chi connectivity index (χ4v) is 3.02. The summed E-state index contributed by atoms with van der Waals surface area (Å²) in [6, 6.07) is 7.74. The van der Waals surface area contributed by atoms with Gasteiger partial charge in [0.1, 0.15) is 22.9 Å². The maximum atomic E-state index is 12.9. The molecular formula is C25H28N6O5. The predicted molar refractivity (Wildman–Crippen MR) is 133 cm³/mol. The molecule has 0 fully saturated rings. The summed E-state index contributed by atoms with van der Waals surface area (Å²) in [4.78, 5) is 50.3. The average molecular weight is 493 g/mol. The zero-order chi connectivity index (χ0) is 26.1. The highest BCUT2D eigenvalue weighted by Crippen LogP contribution is 2.28. The normalized spacial score (nSPS) is 11.3. The lowest BCUT2D eigenvalue weighted by molar-refractivity contribution is -0.113. The number of aldehydes is 1. The number of nitrogens with one attached hydrogen (secondary N) is 2. The number of aromatic nitrogens is 3. The van der Waals surface area contributed by atoms with E-state index in [2.05, 4.69) is 25.6 Å². The van der Waals surface area contributed by atoms with Crippen molar-refractivity contribution in [3.05, 3.63) is 65.9 Å². The van der Waals surface area contributed by atoms with Crippen molar-refractivity contribution in [3.8, 4) is 17.2 Å². The summed E-state index contributed by atoms with van der Waals surface area (Å²) in [5, 5.41) is 5.65. The van der Waals surface area contributed by atoms with E-state index in [-0.39, 0.29) is 34.5 Å². The van der Waals surface area contributed by atoms with Gasteiger partial charge in [0.25, 0.3) is 11.8 Å². The molecule has 0 aliphatic rings. The first-order valence-electron chi connectivity index (χ1n) is 11.2. The van der Waals surface area contributed by atoms with Crippen LogP contribution in [0.4, 0.5) is 5.82 Å². The lowest BCUT2D eigenvalue weighted by atomic mass is 10.1. The second-order valence-electron chi connectivity index (χ2n) is 8.06. The summed E-state index contributed by atoms with van der Waals surface area (Å²) >= 11 is 0. The van der Waals surface area contributed by atoms with Crippen molar-refractivity contribution >= 4 is 23.9 Å². The smallest absolute Gasteiger partial charge is 0.271 e. The zero-order valence-corrected chi connectivity index (χ0v) is 20.5. The molecule has 2 N–H and O–H groups in total. The van der Waals surface area contributed by atoms with Crippen LogP contribution in [0, 0.1) is 6.92 Å². The van der Waals surface area contributed by atoms with Gasteiger partial charge in [0.15, 0.2) is 18.2 Å². The van der Waals surface area contributed by atoms with E-state index in [1.807, 2.05) is 0 Å². The summed E-state index contributed by atoms with van der Waals surface area (Å²) in [6.07, 6.45) is 4.83. The van der Waals surface area contributed by atoms with E-state index in [1.165, 1.54) is 35.6 Å². The van der Waals surface area contributed by atoms with Gasteiger partial charge in [0, 0.05) is 32.1 Å². The Morgan fingerprint density at radius 2 is 1.81 bits per heavy atom. The molecule has 11 heteroatoms. The van der Waals surface area contributed by atoms with Gasteiger partial charge in [-0.25, -0.2) is 9.97 Å². The lowest BCUT2D eigenvalue weighted by Gasteiger charge is -2.16. The molecule has 2 amide bonds. The molecule has 3 aromatic rings. The van der Waals surface area contributed by atoms with E-state index in [0.29, 0.717) is 30.7 Å². The minimum absolute atomic E-state index is 0.218. The number of carbonyl (C=O) groups excluding carboxylic acids is 3. The number of rotatable bonds is 11. The summed E-state index contributed by atoms with van der Waals surface area (Å²) in [6.45, 7) is 2.36. The molecule has 11 nitrogen and oxygen atoms in total. The van der Waals surface area contributed by atoms with Gasteiger partial charge in [-0.3, -0.25) is 19.4 Å². The molecule has 0 spiro atoms. The molecule has 1 atom stereocenters. The van der Waals surface area contributed by atoms with Crippen molar-refractivity contribution in [2.24, 2.45) is 0 Å². The third kappa shape index (κ3) is 7.31. The van der Waals surface area contributed by atoms with Crippen LogP contribution in [0.5, 0.6) is 17.2 Å². The molecule has 2 heterocycles. The molecule has 2 aromatic heterocycles. The third-order valence-electron chi connectivity index (χ3n) is 4.88. The molecule has 0 saturated heterocycles. The molecule has 0 aliphatic carbocycles. The first-order valence-corrected chi connectivity index (χ1v) is 11.2. The Morgan fingerprint density at radius 3 is 2.42 bits per heavy atom. The third-order valence-corrected chi connectivity index (χ3v) is 4.88. The number of pyridine rings is 1. The van der Waals surface area contributed by atoms with Crippen molar-refractivity contribution in [1.82, 2.24) is 25.2 Å². The Morgan fingerprint density at radius 1 is 1.03 bits per heavy atom. The molecular weight excluding hydrogens is 464 g/mol. The zero-order valence-electron chi connectivity index (χ0n) is 20.5. The average Bonchev–Trinajstić information content (AvgIpc) is 2.87. The van der Waals surface area contributed by atoms with E-state index >= 15 is 0 Å². The van der Waals surface area contributed by atoms with Crippen LogP contribution in [-0.2, 0) is 4.79 Å². The van der Waals surface area contributed by atoms with Crippen molar-refractivity contribution in [2.75, 3.05) is 33.0 Å². The summed E-state index contributed by atoms with van der Waals surface area (Å²) in [5.74, 6) is 0.473. The topological polar surface area (TPSA) is 136 Å². The molecule has 3 rings (SSSR count). The fourth-order valence-electron chi connectivity index (χ4n) is 3.02. The van der Waals surface area contributed by atoms with E-state index in [0.717, 1.165) is 0 Å². The van der Waals surface area contributed by atoms with Gasteiger partial charge in [-0.2, -0.15) is 0 Å². The number of benzene rings is 1. The van der Waals surface area contributed by atoms with Crippen molar-refractivity contribution in [2.45, 2.75) is 19.4 Å². The van der Waals surface area contributed by atoms with E-state index < -0.39 is 12.0 Å². The maximum absolute atomic E-state index is 12.9. The maximum Gasteiger partial charge on any atom is 0.271 e. The molecule has 0 radical (unpaired) electrons. The van der Waals surface area contributed by atoms with Gasteiger partial charge in [-0.1, -0.05) is 0 Å². The number of amides is 2. The van der Waals surface area contributed by atoms with Gasteiger partial charge in [0.05, 0.1) is 24.3 Å². The van der Waals surface area contributed by atoms with E-state index in [9.17, 15) is 14.4 Å². The van der Waals surface area contributed by atoms with Crippen LogP contribution in [0.3, 0.4) is 0 Å². The second kappa shape index (κ2) is 12.4. The van der Waals surface area contributed by atoms with Gasteiger partial charge in [-0.15, -0.1) is 0 Å². The monoisotopic (exact) mass is 492 g/mol. The van der Waals surface area contributed by atoms with Crippen LogP contribution < -0.4 is 20.1 Å². The number of hydrogen-bond donors (Lipinski definition) is 2. The quantitative estimate of drug-likeness (QED) is 0.387. The molecule has 0 saturated carbocycles. The van der Waals surface area contributed by atoms with Gasteiger partial charge >= 0.3 is 0 Å². The van der Waals surface area contributed by atoms with Crippen LogP contribution >= 0.6 is 0 Å². The molecule has 1 aromatic carbocycles. The molecule has 0 aliphatic heterocycles. The fraction of sp³-hybridized carbons (Fsp3) is 0.280. The first-order chi connectivity index (χ1) is 17.3.